The number of rotatable bonds is 5. The van der Waals surface area contributed by atoms with Crippen molar-refractivity contribution in [2.45, 2.75) is 32.3 Å². The summed E-state index contributed by atoms with van der Waals surface area (Å²) in [6.07, 6.45) is 8.91. The lowest BCUT2D eigenvalue weighted by Gasteiger charge is -2.07. The molecule has 0 aliphatic carbocycles. The molecule has 18 heavy (non-hydrogen) atoms. The Balaban J connectivity index is 2.03. The maximum absolute atomic E-state index is 11.7. The number of allylic oxidation sites excluding steroid dienone is 1. The van der Waals surface area contributed by atoms with E-state index in [0.29, 0.717) is 5.57 Å². The topological polar surface area (TPSA) is 26.3 Å². The molecule has 1 atom stereocenters. The van der Waals surface area contributed by atoms with Gasteiger partial charge in [-0.1, -0.05) is 62.2 Å². The predicted octanol–water partition coefficient (Wildman–Crippen LogP) is 3.96. The van der Waals surface area contributed by atoms with E-state index >= 15 is 0 Å². The molecule has 1 heterocycles. The van der Waals surface area contributed by atoms with E-state index in [1.54, 1.807) is 0 Å². The van der Waals surface area contributed by atoms with Crippen LogP contribution in [0.3, 0.4) is 0 Å². The van der Waals surface area contributed by atoms with Crippen LogP contribution in [0.15, 0.2) is 54.1 Å². The summed E-state index contributed by atoms with van der Waals surface area (Å²) in [6, 6.07) is 9.80. The van der Waals surface area contributed by atoms with Gasteiger partial charge in [0.1, 0.15) is 6.10 Å². The summed E-state index contributed by atoms with van der Waals surface area (Å²) in [4.78, 5) is 11.7. The van der Waals surface area contributed by atoms with Gasteiger partial charge < -0.3 is 4.74 Å². The van der Waals surface area contributed by atoms with Gasteiger partial charge in [-0.25, -0.2) is 4.79 Å². The zero-order valence-electron chi connectivity index (χ0n) is 10.6. The number of carbonyl (C=O) groups is 1. The summed E-state index contributed by atoms with van der Waals surface area (Å²) in [5.41, 5.74) is 1.68. The van der Waals surface area contributed by atoms with Crippen LogP contribution in [0.25, 0.3) is 0 Å². The Morgan fingerprint density at radius 2 is 2.06 bits per heavy atom. The van der Waals surface area contributed by atoms with Crippen LogP contribution in [0.5, 0.6) is 0 Å². The van der Waals surface area contributed by atoms with Gasteiger partial charge in [0, 0.05) is 0 Å². The van der Waals surface area contributed by atoms with Crippen molar-refractivity contribution in [3.8, 4) is 0 Å². The minimum absolute atomic E-state index is 0.225. The van der Waals surface area contributed by atoms with Crippen molar-refractivity contribution < 1.29 is 9.53 Å². The Morgan fingerprint density at radius 3 is 2.78 bits per heavy atom. The largest absolute Gasteiger partial charge is 0.450 e. The standard InChI is InChI=1S/C16H18O2/c1-2-3-4-6-11-14-12-15(18-16(14)17)13-9-7-5-8-10-13/h5-12,15H,2-4H2,1H3/b11-6+. The van der Waals surface area contributed by atoms with Crippen LogP contribution in [0.4, 0.5) is 0 Å². The number of cyclic esters (lactones) is 1. The number of hydrogen-bond acceptors (Lipinski definition) is 2. The average Bonchev–Trinajstić information content (AvgIpc) is 2.77. The molecule has 0 aromatic heterocycles. The molecule has 0 saturated carbocycles. The fraction of sp³-hybridized carbons (Fsp3) is 0.312. The summed E-state index contributed by atoms with van der Waals surface area (Å²) in [5, 5.41) is 0. The first-order valence-corrected chi connectivity index (χ1v) is 6.45. The van der Waals surface area contributed by atoms with Gasteiger partial charge in [-0.2, -0.15) is 0 Å². The van der Waals surface area contributed by atoms with E-state index in [2.05, 4.69) is 6.92 Å². The third kappa shape index (κ3) is 3.10. The van der Waals surface area contributed by atoms with Crippen LogP contribution in [-0.2, 0) is 9.53 Å². The summed E-state index contributed by atoms with van der Waals surface area (Å²) in [5.74, 6) is -0.225. The van der Waals surface area contributed by atoms with Gasteiger partial charge >= 0.3 is 5.97 Å². The lowest BCUT2D eigenvalue weighted by Crippen LogP contribution is -2.01. The normalized spacial score (nSPS) is 19.1. The summed E-state index contributed by atoms with van der Waals surface area (Å²) >= 11 is 0. The van der Waals surface area contributed by atoms with Gasteiger partial charge in [-0.3, -0.25) is 0 Å². The third-order valence-electron chi connectivity index (χ3n) is 2.95. The molecule has 2 heteroatoms. The lowest BCUT2D eigenvalue weighted by molar-refractivity contribution is -0.139. The van der Waals surface area contributed by atoms with E-state index in [1.165, 1.54) is 6.42 Å². The van der Waals surface area contributed by atoms with Crippen molar-refractivity contribution in [3.05, 3.63) is 59.7 Å². The highest BCUT2D eigenvalue weighted by Crippen LogP contribution is 2.28. The van der Waals surface area contributed by atoms with Crippen molar-refractivity contribution in [2.75, 3.05) is 0 Å². The van der Waals surface area contributed by atoms with Crippen molar-refractivity contribution >= 4 is 5.97 Å². The van der Waals surface area contributed by atoms with Crippen LogP contribution < -0.4 is 0 Å². The Morgan fingerprint density at radius 1 is 1.28 bits per heavy atom. The number of benzene rings is 1. The Hall–Kier alpha value is -1.83. The molecule has 0 N–H and O–H groups in total. The molecule has 1 aromatic carbocycles. The highest BCUT2D eigenvalue weighted by Gasteiger charge is 2.24. The molecule has 0 bridgehead atoms. The second-order valence-electron chi connectivity index (χ2n) is 4.40. The molecule has 0 spiro atoms. The van der Waals surface area contributed by atoms with Crippen LogP contribution in [-0.4, -0.2) is 5.97 Å². The van der Waals surface area contributed by atoms with E-state index in [4.69, 9.17) is 4.74 Å². The Kier molecular flexibility index (Phi) is 4.35. The number of unbranched alkanes of at least 4 members (excludes halogenated alkanes) is 2. The van der Waals surface area contributed by atoms with Crippen molar-refractivity contribution in [3.63, 3.8) is 0 Å². The van der Waals surface area contributed by atoms with E-state index in [9.17, 15) is 4.79 Å². The SMILES string of the molecule is CCCC/C=C/C1=CC(c2ccccc2)OC1=O. The first-order chi connectivity index (χ1) is 8.81. The third-order valence-corrected chi connectivity index (χ3v) is 2.95. The number of carbonyl (C=O) groups excluding carboxylic acids is 1. The minimum atomic E-state index is -0.232. The summed E-state index contributed by atoms with van der Waals surface area (Å²) < 4.78 is 5.33. The molecule has 2 rings (SSSR count). The van der Waals surface area contributed by atoms with E-state index in [0.717, 1.165) is 18.4 Å². The highest BCUT2D eigenvalue weighted by molar-refractivity contribution is 5.94. The van der Waals surface area contributed by atoms with Gasteiger partial charge in [0.25, 0.3) is 0 Å². The van der Waals surface area contributed by atoms with Crippen LogP contribution >= 0.6 is 0 Å². The van der Waals surface area contributed by atoms with E-state index < -0.39 is 0 Å². The highest BCUT2D eigenvalue weighted by atomic mass is 16.5. The quantitative estimate of drug-likeness (QED) is 0.577. The summed E-state index contributed by atoms with van der Waals surface area (Å²) in [7, 11) is 0. The fourth-order valence-corrected chi connectivity index (χ4v) is 1.91. The van der Waals surface area contributed by atoms with Gasteiger partial charge in [-0.15, -0.1) is 0 Å². The number of esters is 1. The monoisotopic (exact) mass is 242 g/mol. The maximum Gasteiger partial charge on any atom is 0.338 e. The molecule has 1 aliphatic heterocycles. The number of hydrogen-bond donors (Lipinski definition) is 0. The van der Waals surface area contributed by atoms with Crippen LogP contribution in [0, 0.1) is 0 Å². The Labute approximate surface area is 108 Å². The molecule has 0 fully saturated rings. The zero-order valence-corrected chi connectivity index (χ0v) is 10.6. The maximum atomic E-state index is 11.7. The molecule has 1 aliphatic rings. The van der Waals surface area contributed by atoms with Gasteiger partial charge in [0.05, 0.1) is 5.57 Å². The van der Waals surface area contributed by atoms with Gasteiger partial charge in [0.15, 0.2) is 0 Å². The molecule has 0 radical (unpaired) electrons. The zero-order chi connectivity index (χ0) is 12.8. The molecule has 0 amide bonds. The predicted molar refractivity (Wildman–Crippen MR) is 72.0 cm³/mol. The van der Waals surface area contributed by atoms with Crippen molar-refractivity contribution in [2.24, 2.45) is 0 Å². The molecular formula is C16H18O2. The van der Waals surface area contributed by atoms with Crippen LogP contribution in [0.2, 0.25) is 0 Å². The van der Waals surface area contributed by atoms with E-state index in [-0.39, 0.29) is 12.1 Å². The fourth-order valence-electron chi connectivity index (χ4n) is 1.91. The van der Waals surface area contributed by atoms with Crippen molar-refractivity contribution in [1.82, 2.24) is 0 Å². The minimum Gasteiger partial charge on any atom is -0.450 e. The van der Waals surface area contributed by atoms with Gasteiger partial charge in [-0.05, 0) is 18.1 Å². The molecule has 1 unspecified atom stereocenters. The second kappa shape index (κ2) is 6.20. The lowest BCUT2D eigenvalue weighted by atomic mass is 10.1. The average molecular weight is 242 g/mol. The molecule has 1 aromatic rings. The first kappa shape index (κ1) is 12.6. The van der Waals surface area contributed by atoms with E-state index in [1.807, 2.05) is 48.6 Å². The second-order valence-corrected chi connectivity index (χ2v) is 4.40. The molecule has 0 saturated heterocycles. The van der Waals surface area contributed by atoms with Crippen LogP contribution in [0.1, 0.15) is 37.9 Å². The molecular weight excluding hydrogens is 224 g/mol. The first-order valence-electron chi connectivity index (χ1n) is 6.45. The van der Waals surface area contributed by atoms with Gasteiger partial charge in [0.2, 0.25) is 0 Å². The van der Waals surface area contributed by atoms with Crippen molar-refractivity contribution in [1.29, 1.82) is 0 Å². The number of ether oxygens (including phenoxy) is 1. The Bertz CT molecular complexity index is 457. The summed E-state index contributed by atoms with van der Waals surface area (Å²) in [6.45, 7) is 2.16. The molecule has 2 nitrogen and oxygen atoms in total. The molecule has 94 valence electrons. The smallest absolute Gasteiger partial charge is 0.338 e.